The Balaban J connectivity index is 1.96. The van der Waals surface area contributed by atoms with E-state index >= 15 is 0 Å². The first kappa shape index (κ1) is 20.2. The van der Waals surface area contributed by atoms with Gasteiger partial charge in [0, 0.05) is 6.54 Å². The molecule has 0 radical (unpaired) electrons. The Bertz CT molecular complexity index is 765. The fourth-order valence-electron chi connectivity index (χ4n) is 2.71. The van der Waals surface area contributed by atoms with Crippen molar-refractivity contribution in [1.82, 2.24) is 5.32 Å². The molecule has 0 aliphatic rings. The first-order chi connectivity index (χ1) is 13.0. The summed E-state index contributed by atoms with van der Waals surface area (Å²) < 4.78 is 21.0. The number of hydrogen-bond donors (Lipinski definition) is 2. The minimum Gasteiger partial charge on any atom is -0.504 e. The van der Waals surface area contributed by atoms with Gasteiger partial charge < -0.3 is 29.4 Å². The lowest BCUT2D eigenvalue weighted by Gasteiger charge is -2.14. The quantitative estimate of drug-likeness (QED) is 0.700. The Morgan fingerprint density at radius 3 is 2.04 bits per heavy atom. The van der Waals surface area contributed by atoms with Gasteiger partial charge in [-0.2, -0.15) is 0 Å². The highest BCUT2D eigenvalue weighted by molar-refractivity contribution is 5.79. The van der Waals surface area contributed by atoms with E-state index in [0.717, 1.165) is 11.1 Å². The van der Waals surface area contributed by atoms with Crippen molar-refractivity contribution in [1.29, 1.82) is 0 Å². The van der Waals surface area contributed by atoms with Gasteiger partial charge in [0.2, 0.25) is 11.7 Å². The second-order valence-electron chi connectivity index (χ2n) is 5.82. The van der Waals surface area contributed by atoms with E-state index in [-0.39, 0.29) is 18.1 Å². The molecule has 0 aromatic heterocycles. The maximum Gasteiger partial charge on any atom is 0.224 e. The van der Waals surface area contributed by atoms with Gasteiger partial charge in [-0.15, -0.1) is 0 Å². The zero-order valence-corrected chi connectivity index (χ0v) is 16.0. The summed E-state index contributed by atoms with van der Waals surface area (Å²) in [6.45, 7) is 0.469. The number of benzene rings is 2. The maximum absolute atomic E-state index is 12.2. The van der Waals surface area contributed by atoms with Crippen LogP contribution in [0.3, 0.4) is 0 Å². The van der Waals surface area contributed by atoms with E-state index in [9.17, 15) is 9.90 Å². The van der Waals surface area contributed by atoms with Crippen LogP contribution in [0.4, 0.5) is 0 Å². The molecule has 0 spiro atoms. The van der Waals surface area contributed by atoms with Gasteiger partial charge in [-0.05, 0) is 41.8 Å². The predicted octanol–water partition coefficient (Wildman–Crippen LogP) is 2.33. The summed E-state index contributed by atoms with van der Waals surface area (Å²) in [5, 5.41) is 12.5. The molecule has 2 rings (SSSR count). The monoisotopic (exact) mass is 375 g/mol. The van der Waals surface area contributed by atoms with Gasteiger partial charge in [0.25, 0.3) is 0 Å². The van der Waals surface area contributed by atoms with Crippen molar-refractivity contribution < 1.29 is 28.8 Å². The highest BCUT2D eigenvalue weighted by atomic mass is 16.5. The smallest absolute Gasteiger partial charge is 0.224 e. The average molecular weight is 375 g/mol. The van der Waals surface area contributed by atoms with Crippen LogP contribution in [0.25, 0.3) is 0 Å². The van der Waals surface area contributed by atoms with Crippen LogP contribution in [0.5, 0.6) is 28.7 Å². The molecule has 1 amide bonds. The molecule has 2 N–H and O–H groups in total. The number of ether oxygens (including phenoxy) is 4. The SMILES string of the molecule is COc1cc(CCNC(=O)Cc2cc(OC)c(OC)c(OC)c2)ccc1O. The van der Waals surface area contributed by atoms with Crippen molar-refractivity contribution in [3.63, 3.8) is 0 Å². The summed E-state index contributed by atoms with van der Waals surface area (Å²) in [5.41, 5.74) is 1.71. The van der Waals surface area contributed by atoms with Crippen LogP contribution < -0.4 is 24.3 Å². The number of amides is 1. The van der Waals surface area contributed by atoms with Crippen LogP contribution in [0.1, 0.15) is 11.1 Å². The van der Waals surface area contributed by atoms with Gasteiger partial charge in [-0.1, -0.05) is 6.07 Å². The third kappa shape index (κ3) is 5.20. The number of nitrogens with one attached hydrogen (secondary N) is 1. The van der Waals surface area contributed by atoms with Gasteiger partial charge in [-0.3, -0.25) is 4.79 Å². The van der Waals surface area contributed by atoms with Crippen LogP contribution in [0.15, 0.2) is 30.3 Å². The number of aromatic hydroxyl groups is 1. The van der Waals surface area contributed by atoms with E-state index in [4.69, 9.17) is 18.9 Å². The lowest BCUT2D eigenvalue weighted by atomic mass is 10.1. The lowest BCUT2D eigenvalue weighted by molar-refractivity contribution is -0.120. The highest BCUT2D eigenvalue weighted by Crippen LogP contribution is 2.38. The van der Waals surface area contributed by atoms with E-state index in [1.807, 2.05) is 0 Å². The average Bonchev–Trinajstić information content (AvgIpc) is 2.68. The molecule has 2 aromatic rings. The second-order valence-corrected chi connectivity index (χ2v) is 5.82. The number of hydrogen-bond acceptors (Lipinski definition) is 6. The molecule has 0 heterocycles. The van der Waals surface area contributed by atoms with E-state index < -0.39 is 0 Å². The topological polar surface area (TPSA) is 86.3 Å². The molecule has 2 aromatic carbocycles. The van der Waals surface area contributed by atoms with E-state index in [2.05, 4.69) is 5.32 Å². The van der Waals surface area contributed by atoms with Gasteiger partial charge in [0.15, 0.2) is 23.0 Å². The molecule has 7 heteroatoms. The number of carbonyl (C=O) groups excluding carboxylic acids is 1. The Hall–Kier alpha value is -3.09. The lowest BCUT2D eigenvalue weighted by Crippen LogP contribution is -2.27. The molecule has 146 valence electrons. The maximum atomic E-state index is 12.2. The first-order valence-electron chi connectivity index (χ1n) is 8.43. The van der Waals surface area contributed by atoms with Crippen molar-refractivity contribution in [2.75, 3.05) is 35.0 Å². The number of phenolic OH excluding ortho intramolecular Hbond substituents is 1. The molecule has 7 nitrogen and oxygen atoms in total. The zero-order chi connectivity index (χ0) is 19.8. The molecule has 0 saturated carbocycles. The number of carbonyl (C=O) groups is 1. The van der Waals surface area contributed by atoms with E-state index in [0.29, 0.717) is 36.0 Å². The molecule has 0 unspecified atom stereocenters. The fraction of sp³-hybridized carbons (Fsp3) is 0.350. The molecule has 0 saturated heterocycles. The van der Waals surface area contributed by atoms with Gasteiger partial charge in [0.05, 0.1) is 34.9 Å². The van der Waals surface area contributed by atoms with E-state index in [1.54, 1.807) is 30.3 Å². The second kappa shape index (κ2) is 9.56. The van der Waals surface area contributed by atoms with Crippen molar-refractivity contribution in [3.8, 4) is 28.7 Å². The van der Waals surface area contributed by atoms with Crippen molar-refractivity contribution in [3.05, 3.63) is 41.5 Å². The largest absolute Gasteiger partial charge is 0.504 e. The van der Waals surface area contributed by atoms with Crippen molar-refractivity contribution in [2.45, 2.75) is 12.8 Å². The number of phenols is 1. The molecular formula is C20H25NO6. The summed E-state index contributed by atoms with van der Waals surface area (Å²) in [6.07, 6.45) is 0.813. The third-order valence-corrected chi connectivity index (χ3v) is 4.07. The zero-order valence-electron chi connectivity index (χ0n) is 16.0. The summed E-state index contributed by atoms with van der Waals surface area (Å²) >= 11 is 0. The minimum atomic E-state index is -0.116. The fourth-order valence-corrected chi connectivity index (χ4v) is 2.71. The predicted molar refractivity (Wildman–Crippen MR) is 101 cm³/mol. The molecule has 0 fully saturated rings. The van der Waals surface area contributed by atoms with Crippen LogP contribution in [0, 0.1) is 0 Å². The third-order valence-electron chi connectivity index (χ3n) is 4.07. The van der Waals surface area contributed by atoms with Crippen molar-refractivity contribution >= 4 is 5.91 Å². The van der Waals surface area contributed by atoms with Gasteiger partial charge in [0.1, 0.15) is 0 Å². The standard InChI is InChI=1S/C20H25NO6/c1-24-16-9-13(5-6-15(16)22)7-8-21-19(23)12-14-10-17(25-2)20(27-4)18(11-14)26-3/h5-6,9-11,22H,7-8,12H2,1-4H3,(H,21,23). The van der Waals surface area contributed by atoms with Crippen LogP contribution in [-0.2, 0) is 17.6 Å². The molecule has 0 aliphatic heterocycles. The Labute approximate surface area is 158 Å². The van der Waals surface area contributed by atoms with Gasteiger partial charge in [-0.25, -0.2) is 0 Å². The molecule has 0 bridgehead atoms. The summed E-state index contributed by atoms with van der Waals surface area (Å²) in [6, 6.07) is 8.63. The molecular weight excluding hydrogens is 350 g/mol. The summed E-state index contributed by atoms with van der Waals surface area (Å²) in [4.78, 5) is 12.2. The van der Waals surface area contributed by atoms with Crippen LogP contribution in [-0.4, -0.2) is 46.0 Å². The number of methoxy groups -OCH3 is 4. The Morgan fingerprint density at radius 2 is 1.48 bits per heavy atom. The molecule has 0 aliphatic carbocycles. The summed E-state index contributed by atoms with van der Waals surface area (Å²) in [7, 11) is 6.10. The van der Waals surface area contributed by atoms with Crippen LogP contribution >= 0.6 is 0 Å². The Kier molecular flexibility index (Phi) is 7.16. The van der Waals surface area contributed by atoms with Crippen LogP contribution in [0.2, 0.25) is 0 Å². The van der Waals surface area contributed by atoms with Crippen molar-refractivity contribution in [2.24, 2.45) is 0 Å². The Morgan fingerprint density at radius 1 is 0.889 bits per heavy atom. The highest BCUT2D eigenvalue weighted by Gasteiger charge is 2.14. The van der Waals surface area contributed by atoms with Gasteiger partial charge >= 0.3 is 0 Å². The number of rotatable bonds is 9. The first-order valence-corrected chi connectivity index (χ1v) is 8.43. The molecule has 0 atom stereocenters. The van der Waals surface area contributed by atoms with E-state index in [1.165, 1.54) is 28.4 Å². The molecule has 27 heavy (non-hydrogen) atoms. The normalized spacial score (nSPS) is 10.2. The minimum absolute atomic E-state index is 0.0904. The summed E-state index contributed by atoms with van der Waals surface area (Å²) in [5.74, 6) is 1.90.